The zero-order valence-electron chi connectivity index (χ0n) is 11.8. The molecular weight excluding hydrogens is 280 g/mol. The van der Waals surface area contributed by atoms with Gasteiger partial charge < -0.3 is 5.32 Å². The summed E-state index contributed by atoms with van der Waals surface area (Å²) in [5.74, 6) is 0. The van der Waals surface area contributed by atoms with Gasteiger partial charge in [-0.15, -0.1) is 0 Å². The van der Waals surface area contributed by atoms with Crippen LogP contribution in [0, 0.1) is 0 Å². The van der Waals surface area contributed by atoms with Gasteiger partial charge in [-0.05, 0) is 32.2 Å². The van der Waals surface area contributed by atoms with Gasteiger partial charge in [0.2, 0.25) is 10.0 Å². The van der Waals surface area contributed by atoms with Crippen LogP contribution >= 0.6 is 11.8 Å². The minimum Gasteiger partial charge on any atom is -0.383 e. The fraction of sp³-hybridized carbons (Fsp3) is 0.538. The highest BCUT2D eigenvalue weighted by Crippen LogP contribution is 2.21. The number of benzene rings is 1. The molecule has 1 atom stereocenters. The fourth-order valence-electron chi connectivity index (χ4n) is 1.56. The van der Waals surface area contributed by atoms with Crippen molar-refractivity contribution in [3.63, 3.8) is 0 Å². The molecule has 0 fully saturated rings. The minimum absolute atomic E-state index is 0.122. The Morgan fingerprint density at radius 3 is 2.42 bits per heavy atom. The summed E-state index contributed by atoms with van der Waals surface area (Å²) in [4.78, 5) is 0.303. The van der Waals surface area contributed by atoms with E-state index in [0.29, 0.717) is 15.8 Å². The van der Waals surface area contributed by atoms with Crippen molar-refractivity contribution in [3.8, 4) is 0 Å². The third kappa shape index (κ3) is 5.04. The SMILES string of the molecule is CSC(C)CNc1ccccc1S(=O)(=O)NC(C)C. The lowest BCUT2D eigenvalue weighted by Gasteiger charge is -2.16. The van der Waals surface area contributed by atoms with E-state index >= 15 is 0 Å². The third-order valence-corrected chi connectivity index (χ3v) is 5.24. The van der Waals surface area contributed by atoms with Gasteiger partial charge in [-0.1, -0.05) is 19.1 Å². The van der Waals surface area contributed by atoms with Crippen LogP contribution in [0.25, 0.3) is 0 Å². The van der Waals surface area contributed by atoms with Crippen LogP contribution in [0.3, 0.4) is 0 Å². The minimum atomic E-state index is -3.46. The number of hydrogen-bond donors (Lipinski definition) is 2. The second kappa shape index (κ2) is 7.17. The van der Waals surface area contributed by atoms with E-state index in [1.807, 2.05) is 26.2 Å². The lowest BCUT2D eigenvalue weighted by Crippen LogP contribution is -2.31. The summed E-state index contributed by atoms with van der Waals surface area (Å²) >= 11 is 1.74. The van der Waals surface area contributed by atoms with Gasteiger partial charge in [0.15, 0.2) is 0 Å². The van der Waals surface area contributed by atoms with E-state index in [-0.39, 0.29) is 6.04 Å². The lowest BCUT2D eigenvalue weighted by molar-refractivity contribution is 0.570. The van der Waals surface area contributed by atoms with Crippen LogP contribution in [0.15, 0.2) is 29.2 Å². The van der Waals surface area contributed by atoms with Crippen molar-refractivity contribution >= 4 is 27.5 Å². The maximum absolute atomic E-state index is 12.2. The first-order valence-corrected chi connectivity index (χ1v) is 9.02. The first kappa shape index (κ1) is 16.3. The van der Waals surface area contributed by atoms with Crippen LogP contribution in [0.2, 0.25) is 0 Å². The lowest BCUT2D eigenvalue weighted by atomic mass is 10.3. The average Bonchev–Trinajstić information content (AvgIpc) is 2.34. The van der Waals surface area contributed by atoms with Crippen molar-refractivity contribution < 1.29 is 8.42 Å². The van der Waals surface area contributed by atoms with Crippen LogP contribution in [0.1, 0.15) is 20.8 Å². The Morgan fingerprint density at radius 2 is 1.84 bits per heavy atom. The van der Waals surface area contributed by atoms with Crippen molar-refractivity contribution in [1.29, 1.82) is 0 Å². The van der Waals surface area contributed by atoms with Gasteiger partial charge in [0, 0.05) is 17.8 Å². The summed E-state index contributed by atoms with van der Waals surface area (Å²) in [6.07, 6.45) is 2.04. The average molecular weight is 302 g/mol. The number of anilines is 1. The monoisotopic (exact) mass is 302 g/mol. The van der Waals surface area contributed by atoms with E-state index in [1.54, 1.807) is 30.0 Å². The maximum atomic E-state index is 12.2. The largest absolute Gasteiger partial charge is 0.383 e. The molecule has 6 heteroatoms. The molecule has 0 spiro atoms. The number of sulfonamides is 1. The number of rotatable bonds is 7. The second-order valence-corrected chi connectivity index (χ2v) is 7.66. The summed E-state index contributed by atoms with van der Waals surface area (Å²) < 4.78 is 27.0. The molecule has 0 aromatic heterocycles. The number of thioether (sulfide) groups is 1. The molecule has 108 valence electrons. The Hall–Kier alpha value is -0.720. The van der Waals surface area contributed by atoms with E-state index < -0.39 is 10.0 Å². The van der Waals surface area contributed by atoms with Crippen molar-refractivity contribution in [2.45, 2.75) is 37.0 Å². The van der Waals surface area contributed by atoms with E-state index in [0.717, 1.165) is 6.54 Å². The van der Waals surface area contributed by atoms with Gasteiger partial charge in [0.1, 0.15) is 4.90 Å². The van der Waals surface area contributed by atoms with Gasteiger partial charge >= 0.3 is 0 Å². The maximum Gasteiger partial charge on any atom is 0.242 e. The summed E-state index contributed by atoms with van der Waals surface area (Å²) in [6.45, 7) is 6.45. The highest BCUT2D eigenvalue weighted by Gasteiger charge is 2.19. The second-order valence-electron chi connectivity index (χ2n) is 4.70. The smallest absolute Gasteiger partial charge is 0.242 e. The number of hydrogen-bond acceptors (Lipinski definition) is 4. The molecule has 0 aliphatic heterocycles. The van der Waals surface area contributed by atoms with E-state index in [1.165, 1.54) is 0 Å². The molecule has 1 aromatic carbocycles. The van der Waals surface area contributed by atoms with Crippen LogP contribution in [-0.4, -0.2) is 32.5 Å². The molecule has 0 saturated carbocycles. The molecule has 1 rings (SSSR count). The molecule has 0 amide bonds. The van der Waals surface area contributed by atoms with E-state index in [2.05, 4.69) is 17.0 Å². The molecule has 0 aliphatic rings. The van der Waals surface area contributed by atoms with E-state index in [9.17, 15) is 8.42 Å². The third-order valence-electron chi connectivity index (χ3n) is 2.55. The van der Waals surface area contributed by atoms with Crippen LogP contribution in [0.4, 0.5) is 5.69 Å². The van der Waals surface area contributed by atoms with Crippen molar-refractivity contribution in [2.24, 2.45) is 0 Å². The van der Waals surface area contributed by atoms with Gasteiger partial charge in [0.05, 0.1) is 5.69 Å². The Balaban J connectivity index is 2.96. The van der Waals surface area contributed by atoms with Crippen LogP contribution < -0.4 is 10.0 Å². The van der Waals surface area contributed by atoms with Crippen LogP contribution in [-0.2, 0) is 10.0 Å². The molecule has 19 heavy (non-hydrogen) atoms. The predicted octanol–water partition coefficient (Wildman–Crippen LogP) is 2.54. The summed E-state index contributed by atoms with van der Waals surface area (Å²) in [5, 5.41) is 3.63. The summed E-state index contributed by atoms with van der Waals surface area (Å²) in [6, 6.07) is 6.86. The normalized spacial score (nSPS) is 13.5. The van der Waals surface area contributed by atoms with Crippen molar-refractivity contribution in [1.82, 2.24) is 4.72 Å². The molecule has 0 heterocycles. The molecule has 0 saturated heterocycles. The Bertz CT molecular complexity index is 501. The first-order valence-electron chi connectivity index (χ1n) is 6.25. The van der Waals surface area contributed by atoms with Gasteiger partial charge in [0.25, 0.3) is 0 Å². The molecule has 1 aromatic rings. The molecule has 0 radical (unpaired) electrons. The molecule has 1 unspecified atom stereocenters. The van der Waals surface area contributed by atoms with Crippen molar-refractivity contribution in [2.75, 3.05) is 18.1 Å². The number of para-hydroxylation sites is 1. The first-order chi connectivity index (χ1) is 8.86. The van der Waals surface area contributed by atoms with E-state index in [4.69, 9.17) is 0 Å². The predicted molar refractivity (Wildman–Crippen MR) is 83.4 cm³/mol. The highest BCUT2D eigenvalue weighted by molar-refractivity contribution is 7.99. The Kier molecular flexibility index (Phi) is 6.16. The molecular formula is C13H22N2O2S2. The summed E-state index contributed by atoms with van der Waals surface area (Å²) in [5.41, 5.74) is 0.650. The molecule has 4 nitrogen and oxygen atoms in total. The van der Waals surface area contributed by atoms with Gasteiger partial charge in [-0.2, -0.15) is 11.8 Å². The molecule has 2 N–H and O–H groups in total. The number of nitrogens with one attached hydrogen (secondary N) is 2. The zero-order valence-corrected chi connectivity index (χ0v) is 13.4. The zero-order chi connectivity index (χ0) is 14.5. The quantitative estimate of drug-likeness (QED) is 0.812. The molecule has 0 aliphatic carbocycles. The molecule has 0 bridgehead atoms. The van der Waals surface area contributed by atoms with Gasteiger partial charge in [-0.25, -0.2) is 13.1 Å². The summed E-state index contributed by atoms with van der Waals surface area (Å²) in [7, 11) is -3.46. The highest BCUT2D eigenvalue weighted by atomic mass is 32.2. The Labute approximate surface area is 120 Å². The topological polar surface area (TPSA) is 58.2 Å². The van der Waals surface area contributed by atoms with Crippen LogP contribution in [0.5, 0.6) is 0 Å². The van der Waals surface area contributed by atoms with Gasteiger partial charge in [-0.3, -0.25) is 0 Å². The standard InChI is InChI=1S/C13H22N2O2S2/c1-10(2)15-19(16,17)13-8-6-5-7-12(13)14-9-11(3)18-4/h5-8,10-11,14-15H,9H2,1-4H3. The fourth-order valence-corrected chi connectivity index (χ4v) is 3.24. The van der Waals surface area contributed by atoms with Crippen molar-refractivity contribution in [3.05, 3.63) is 24.3 Å². The Morgan fingerprint density at radius 1 is 1.21 bits per heavy atom.